The van der Waals surface area contributed by atoms with Crippen molar-refractivity contribution >= 4 is 75.5 Å². The first-order valence-electron chi connectivity index (χ1n) is 7.61. The van der Waals surface area contributed by atoms with Crippen molar-refractivity contribution in [3.8, 4) is 0 Å². The number of likely N-dealkylation sites (tertiary alicyclic amines) is 1. The fraction of sp³-hybridized carbons (Fsp3) is 0.643. The third-order valence-electron chi connectivity index (χ3n) is 3.37. The number of hydrogen-bond donors (Lipinski definition) is 3. The molecule has 26 heavy (non-hydrogen) atoms. The predicted molar refractivity (Wildman–Crippen MR) is 107 cm³/mol. The molecular weight excluding hydrogens is 420 g/mol. The maximum Gasteiger partial charge on any atom is 0.373 e. The van der Waals surface area contributed by atoms with Gasteiger partial charge in [0.1, 0.15) is 0 Å². The van der Waals surface area contributed by atoms with Gasteiger partial charge in [-0.2, -0.15) is 24.4 Å². The fourth-order valence-corrected chi connectivity index (χ4v) is 4.83. The zero-order chi connectivity index (χ0) is 19.7. The summed E-state index contributed by atoms with van der Waals surface area (Å²) in [5, 5.41) is 9.88. The molecule has 146 valence electrons. The van der Waals surface area contributed by atoms with Gasteiger partial charge in [-0.15, -0.1) is 0 Å². The van der Waals surface area contributed by atoms with Crippen molar-refractivity contribution in [2.45, 2.75) is 23.3 Å². The summed E-state index contributed by atoms with van der Waals surface area (Å²) in [7, 11) is 2.97. The zero-order valence-corrected chi connectivity index (χ0v) is 17.3. The van der Waals surface area contributed by atoms with Crippen LogP contribution in [-0.4, -0.2) is 80.8 Å². The maximum atomic E-state index is 11.7. The summed E-state index contributed by atoms with van der Waals surface area (Å²) in [5.74, 6) is -2.17. The maximum absolute atomic E-state index is 11.7. The average molecular weight is 441 g/mol. The van der Waals surface area contributed by atoms with Crippen LogP contribution in [0.3, 0.4) is 0 Å². The molecule has 2 atom stereocenters. The predicted octanol–water partition coefficient (Wildman–Crippen LogP) is 0.317. The summed E-state index contributed by atoms with van der Waals surface area (Å²) in [4.78, 5) is 58.2. The third-order valence-corrected chi connectivity index (χ3v) is 7.11. The van der Waals surface area contributed by atoms with Crippen LogP contribution < -0.4 is 5.32 Å². The highest BCUT2D eigenvalue weighted by Gasteiger charge is 2.35. The van der Waals surface area contributed by atoms with Crippen LogP contribution in [0.2, 0.25) is 0 Å². The molecule has 0 saturated carbocycles. The molecule has 2 N–H and O–H groups in total. The van der Waals surface area contributed by atoms with E-state index in [9.17, 15) is 24.0 Å². The Morgan fingerprint density at radius 1 is 1.31 bits per heavy atom. The van der Waals surface area contributed by atoms with Crippen molar-refractivity contribution in [2.24, 2.45) is 0 Å². The molecule has 0 aromatic carbocycles. The van der Waals surface area contributed by atoms with Crippen LogP contribution in [0.15, 0.2) is 0 Å². The van der Waals surface area contributed by atoms with E-state index in [1.54, 1.807) is 6.26 Å². The van der Waals surface area contributed by atoms with Crippen molar-refractivity contribution in [1.29, 1.82) is 0 Å². The minimum atomic E-state index is -1.54. The lowest BCUT2D eigenvalue weighted by Gasteiger charge is -2.13. The van der Waals surface area contributed by atoms with Crippen LogP contribution in [0, 0.1) is 0 Å². The van der Waals surface area contributed by atoms with Gasteiger partial charge in [0.2, 0.25) is 17.7 Å². The lowest BCUT2D eigenvalue weighted by molar-refractivity contribution is -0.149. The number of thiol groups is 1. The average Bonchev–Trinajstić information content (AvgIpc) is 2.83. The first kappa shape index (κ1) is 23.2. The number of carboxylic acid groups (broad SMARTS) is 1. The molecule has 0 bridgehead atoms. The molecule has 1 saturated heterocycles. The molecule has 0 radical (unpaired) electrons. The molecule has 2 unspecified atom stereocenters. The smallest absolute Gasteiger partial charge is 0.373 e. The number of ketones is 1. The van der Waals surface area contributed by atoms with Gasteiger partial charge < -0.3 is 10.4 Å². The topological polar surface area (TPSA) is 121 Å². The molecule has 12 heteroatoms. The van der Waals surface area contributed by atoms with Crippen LogP contribution in [0.4, 0.5) is 0 Å². The van der Waals surface area contributed by atoms with Crippen LogP contribution in [0.25, 0.3) is 0 Å². The number of aliphatic carboxylic acids is 1. The Morgan fingerprint density at radius 3 is 2.50 bits per heavy atom. The summed E-state index contributed by atoms with van der Waals surface area (Å²) in [6, 6.07) is 0. The van der Waals surface area contributed by atoms with E-state index in [2.05, 4.69) is 17.9 Å². The molecule has 3 amide bonds. The molecule has 8 nitrogen and oxygen atoms in total. The Balaban J connectivity index is 2.12. The molecule has 1 aliphatic heterocycles. The second kappa shape index (κ2) is 11.8. The quantitative estimate of drug-likeness (QED) is 0.129. The van der Waals surface area contributed by atoms with E-state index in [1.165, 1.54) is 26.5 Å². The molecule has 0 aliphatic carbocycles. The van der Waals surface area contributed by atoms with Gasteiger partial charge in [0, 0.05) is 37.4 Å². The molecule has 1 aliphatic rings. The number of Topliss-reactive ketones (excluding diaryl/α,β-unsaturated/α-hetero) is 1. The van der Waals surface area contributed by atoms with Crippen molar-refractivity contribution in [3.05, 3.63) is 0 Å². The van der Waals surface area contributed by atoms with Crippen LogP contribution in [0.1, 0.15) is 12.8 Å². The van der Waals surface area contributed by atoms with E-state index < -0.39 is 22.3 Å². The summed E-state index contributed by atoms with van der Waals surface area (Å²) in [6.07, 6.45) is 1.55. The van der Waals surface area contributed by atoms with E-state index in [0.29, 0.717) is 24.6 Å². The SMILES string of the molecule is CSC(CC(=O)NCCSSCCN1C(=O)CC(S)C1=O)C(=O)C(=O)O. The van der Waals surface area contributed by atoms with Gasteiger partial charge in [0.15, 0.2) is 0 Å². The minimum Gasteiger partial charge on any atom is -0.475 e. The molecule has 1 rings (SSSR count). The van der Waals surface area contributed by atoms with Gasteiger partial charge in [0.05, 0.1) is 10.5 Å². The number of carbonyl (C=O) groups is 5. The highest BCUT2D eigenvalue weighted by Crippen LogP contribution is 2.23. The van der Waals surface area contributed by atoms with Crippen LogP contribution >= 0.6 is 46.0 Å². The van der Waals surface area contributed by atoms with E-state index >= 15 is 0 Å². The Bertz CT molecular complexity index is 574. The lowest BCUT2D eigenvalue weighted by Crippen LogP contribution is -2.33. The zero-order valence-electron chi connectivity index (χ0n) is 14.0. The Hall–Kier alpha value is -0.850. The molecule has 1 heterocycles. The van der Waals surface area contributed by atoms with E-state index in [0.717, 1.165) is 11.8 Å². The van der Waals surface area contributed by atoms with Crippen molar-refractivity contribution in [3.63, 3.8) is 0 Å². The van der Waals surface area contributed by atoms with Gasteiger partial charge in [0.25, 0.3) is 5.78 Å². The van der Waals surface area contributed by atoms with Crippen molar-refractivity contribution in [1.82, 2.24) is 10.2 Å². The summed E-state index contributed by atoms with van der Waals surface area (Å²) < 4.78 is 0. The summed E-state index contributed by atoms with van der Waals surface area (Å²) in [6.45, 7) is 0.713. The van der Waals surface area contributed by atoms with Gasteiger partial charge in [-0.1, -0.05) is 21.6 Å². The third kappa shape index (κ3) is 7.41. The molecule has 0 aromatic heterocycles. The Labute approximate surface area is 168 Å². The lowest BCUT2D eigenvalue weighted by atomic mass is 10.2. The molecule has 0 spiro atoms. The number of hydrogen-bond acceptors (Lipinski definition) is 9. The number of carbonyl (C=O) groups excluding carboxylic acids is 4. The second-order valence-electron chi connectivity index (χ2n) is 5.20. The first-order valence-corrected chi connectivity index (χ1v) is 11.9. The van der Waals surface area contributed by atoms with Gasteiger partial charge >= 0.3 is 5.97 Å². The van der Waals surface area contributed by atoms with Gasteiger partial charge in [-0.25, -0.2) is 4.79 Å². The van der Waals surface area contributed by atoms with E-state index in [4.69, 9.17) is 5.11 Å². The van der Waals surface area contributed by atoms with E-state index in [-0.39, 0.29) is 30.6 Å². The number of rotatable bonds is 12. The van der Waals surface area contributed by atoms with E-state index in [1.807, 2.05) is 0 Å². The Morgan fingerprint density at radius 2 is 1.96 bits per heavy atom. The number of nitrogens with one attached hydrogen (secondary N) is 1. The summed E-state index contributed by atoms with van der Waals surface area (Å²) >= 11 is 5.08. The molecule has 0 aromatic rings. The molecule has 1 fully saturated rings. The van der Waals surface area contributed by atoms with Crippen LogP contribution in [0.5, 0.6) is 0 Å². The molecular formula is C14H20N2O6S4. The number of imide groups is 1. The van der Waals surface area contributed by atoms with Crippen LogP contribution in [-0.2, 0) is 24.0 Å². The van der Waals surface area contributed by atoms with Crippen molar-refractivity contribution < 1.29 is 29.1 Å². The first-order chi connectivity index (χ1) is 12.3. The highest BCUT2D eigenvalue weighted by molar-refractivity contribution is 8.76. The second-order valence-corrected chi connectivity index (χ2v) is 9.56. The summed E-state index contributed by atoms with van der Waals surface area (Å²) in [5.41, 5.74) is 0. The van der Waals surface area contributed by atoms with Crippen molar-refractivity contribution in [2.75, 3.05) is 30.9 Å². The number of amides is 3. The largest absolute Gasteiger partial charge is 0.475 e. The normalized spacial score (nSPS) is 18.1. The highest BCUT2D eigenvalue weighted by atomic mass is 33.1. The monoisotopic (exact) mass is 440 g/mol. The number of thioether (sulfide) groups is 1. The van der Waals surface area contributed by atoms with Gasteiger partial charge in [-0.3, -0.25) is 24.1 Å². The minimum absolute atomic E-state index is 0.146. The fourth-order valence-electron chi connectivity index (χ4n) is 2.04. The standard InChI is InChI=1S/C14H20N2O6S4/c1-24-9(12(19)14(21)22)7-10(17)15-2-4-25-26-5-3-16-11(18)6-8(23)13(16)20/h8-9,23H,2-7H2,1H3,(H,15,17)(H,21,22). The number of nitrogens with zero attached hydrogens (tertiary/aromatic N) is 1. The van der Waals surface area contributed by atoms with Gasteiger partial charge in [-0.05, 0) is 6.26 Å². The Kier molecular flexibility index (Phi) is 10.5. The number of carboxylic acids is 1.